The van der Waals surface area contributed by atoms with E-state index in [0.29, 0.717) is 11.3 Å². The van der Waals surface area contributed by atoms with Gasteiger partial charge >= 0.3 is 0 Å². The van der Waals surface area contributed by atoms with Crippen molar-refractivity contribution >= 4 is 44.5 Å². The molecule has 1 aliphatic rings. The summed E-state index contributed by atoms with van der Waals surface area (Å²) in [6.07, 6.45) is 0. The lowest BCUT2D eigenvalue weighted by molar-refractivity contribution is -0.113. The van der Waals surface area contributed by atoms with Gasteiger partial charge in [-0.05, 0) is 61.0 Å². The summed E-state index contributed by atoms with van der Waals surface area (Å²) < 4.78 is 8.26. The molecule has 1 atom stereocenters. The number of carbonyl (C=O) groups is 1. The average Bonchev–Trinajstić information content (AvgIpc) is 3.16. The van der Waals surface area contributed by atoms with Crippen LogP contribution in [-0.2, 0) is 4.79 Å². The first kappa shape index (κ1) is 20.3. The molecule has 1 aliphatic heterocycles. The first-order valence-corrected chi connectivity index (χ1v) is 11.0. The molecule has 32 heavy (non-hydrogen) atoms. The second-order valence-electron chi connectivity index (χ2n) is 7.60. The number of allylic oxidation sites excluding steroid dienone is 1. The highest BCUT2D eigenvalue weighted by molar-refractivity contribution is 9.10. The molecule has 0 bridgehead atoms. The number of carbonyl (C=O) groups excluding carboxylic acids is 1. The Balaban J connectivity index is 1.63. The van der Waals surface area contributed by atoms with Gasteiger partial charge in [0.15, 0.2) is 0 Å². The van der Waals surface area contributed by atoms with Gasteiger partial charge in [-0.2, -0.15) is 0 Å². The number of para-hydroxylation sites is 2. The summed E-state index contributed by atoms with van der Waals surface area (Å²) in [5.41, 5.74) is 4.93. The molecule has 5 rings (SSSR count). The number of rotatable bonds is 4. The lowest BCUT2D eigenvalue weighted by Gasteiger charge is -2.31. The monoisotopic (exact) mass is 488 g/mol. The predicted molar refractivity (Wildman–Crippen MR) is 130 cm³/mol. The zero-order valence-corrected chi connectivity index (χ0v) is 19.2. The molecule has 6 nitrogen and oxygen atoms in total. The van der Waals surface area contributed by atoms with Gasteiger partial charge in [-0.3, -0.25) is 9.36 Å². The number of amides is 1. The Bertz CT molecular complexity index is 1360. The van der Waals surface area contributed by atoms with E-state index in [2.05, 4.69) is 31.1 Å². The Hall–Kier alpha value is -3.58. The third-order valence-corrected chi connectivity index (χ3v) is 6.08. The van der Waals surface area contributed by atoms with Crippen LogP contribution in [0.5, 0.6) is 5.75 Å². The van der Waals surface area contributed by atoms with E-state index in [9.17, 15) is 4.79 Å². The molecular weight excluding hydrogens is 468 g/mol. The van der Waals surface area contributed by atoms with Gasteiger partial charge in [-0.1, -0.05) is 40.2 Å². The smallest absolute Gasteiger partial charge is 0.255 e. The van der Waals surface area contributed by atoms with E-state index >= 15 is 0 Å². The van der Waals surface area contributed by atoms with Gasteiger partial charge in [0, 0.05) is 15.9 Å². The number of halogens is 1. The van der Waals surface area contributed by atoms with Crippen molar-refractivity contribution in [2.45, 2.75) is 13.0 Å². The number of anilines is 2. The fourth-order valence-corrected chi connectivity index (χ4v) is 4.54. The molecule has 2 heterocycles. The van der Waals surface area contributed by atoms with Crippen LogP contribution in [0.2, 0.25) is 0 Å². The number of nitrogens with one attached hydrogen (secondary N) is 2. The van der Waals surface area contributed by atoms with Gasteiger partial charge in [0.05, 0.1) is 29.8 Å². The van der Waals surface area contributed by atoms with Gasteiger partial charge in [0.25, 0.3) is 5.91 Å². The summed E-state index contributed by atoms with van der Waals surface area (Å²) in [6.45, 7) is 1.91. The number of fused-ring (bicyclic) bond motifs is 3. The molecule has 4 aromatic rings. The number of hydrogen-bond donors (Lipinski definition) is 2. The Morgan fingerprint density at radius 2 is 1.88 bits per heavy atom. The molecule has 1 aromatic heterocycles. The van der Waals surface area contributed by atoms with Crippen LogP contribution >= 0.6 is 15.9 Å². The molecule has 0 saturated carbocycles. The first-order chi connectivity index (χ1) is 15.5. The highest BCUT2D eigenvalue weighted by Gasteiger charge is 2.34. The van der Waals surface area contributed by atoms with Crippen molar-refractivity contribution < 1.29 is 9.53 Å². The van der Waals surface area contributed by atoms with Gasteiger partial charge in [-0.15, -0.1) is 0 Å². The molecule has 0 spiro atoms. The van der Waals surface area contributed by atoms with Gasteiger partial charge in [-0.25, -0.2) is 4.98 Å². The highest BCUT2D eigenvalue weighted by atomic mass is 79.9. The van der Waals surface area contributed by atoms with Crippen molar-refractivity contribution in [3.05, 3.63) is 94.1 Å². The van der Waals surface area contributed by atoms with Crippen molar-refractivity contribution in [1.82, 2.24) is 9.55 Å². The van der Waals surface area contributed by atoms with Gasteiger partial charge in [0.1, 0.15) is 5.75 Å². The molecule has 1 amide bonds. The second-order valence-corrected chi connectivity index (χ2v) is 8.51. The predicted octanol–water partition coefficient (Wildman–Crippen LogP) is 5.74. The summed E-state index contributed by atoms with van der Waals surface area (Å²) in [5, 5.41) is 6.38. The molecular formula is C25H21BrN4O2. The van der Waals surface area contributed by atoms with E-state index in [1.54, 1.807) is 7.11 Å². The summed E-state index contributed by atoms with van der Waals surface area (Å²) in [6, 6.07) is 23.0. The molecule has 0 aliphatic carbocycles. The maximum absolute atomic E-state index is 13.6. The van der Waals surface area contributed by atoms with Crippen molar-refractivity contribution in [3.63, 3.8) is 0 Å². The molecule has 0 saturated heterocycles. The zero-order chi connectivity index (χ0) is 22.2. The number of nitrogens with zero attached hydrogens (tertiary/aromatic N) is 2. The van der Waals surface area contributed by atoms with Crippen molar-refractivity contribution in [2.24, 2.45) is 0 Å². The van der Waals surface area contributed by atoms with Gasteiger partial charge < -0.3 is 15.4 Å². The number of imidazole rings is 1. The third kappa shape index (κ3) is 3.54. The Morgan fingerprint density at radius 3 is 2.62 bits per heavy atom. The maximum Gasteiger partial charge on any atom is 0.255 e. The fourth-order valence-electron chi connectivity index (χ4n) is 4.12. The standard InChI is InChI=1S/C25H21BrN4O2/c1-15-22(24(31)28-18-10-12-19(32-2)13-11-18)23(16-6-5-7-17(26)14-16)30-21-9-4-3-8-20(21)29-25(30)27-15/h3-14,23H,1-2H3,(H,27,29)(H,28,31)/t23-/m1/s1. The van der Waals surface area contributed by atoms with Crippen LogP contribution in [0.25, 0.3) is 11.0 Å². The first-order valence-electron chi connectivity index (χ1n) is 10.2. The van der Waals surface area contributed by atoms with Crippen LogP contribution in [-0.4, -0.2) is 22.6 Å². The van der Waals surface area contributed by atoms with Crippen LogP contribution in [0.3, 0.4) is 0 Å². The molecule has 2 N–H and O–H groups in total. The lowest BCUT2D eigenvalue weighted by atomic mass is 9.94. The molecule has 3 aromatic carbocycles. The topological polar surface area (TPSA) is 68.2 Å². The maximum atomic E-state index is 13.6. The molecule has 0 radical (unpaired) electrons. The normalized spacial score (nSPS) is 15.3. The van der Waals surface area contributed by atoms with Crippen molar-refractivity contribution in [3.8, 4) is 5.75 Å². The summed E-state index contributed by atoms with van der Waals surface area (Å²) in [5.74, 6) is 1.28. The Morgan fingerprint density at radius 1 is 1.09 bits per heavy atom. The fraction of sp³-hybridized carbons (Fsp3) is 0.120. The summed E-state index contributed by atoms with van der Waals surface area (Å²) in [4.78, 5) is 18.3. The summed E-state index contributed by atoms with van der Waals surface area (Å²) in [7, 11) is 1.62. The third-order valence-electron chi connectivity index (χ3n) is 5.59. The van der Waals surface area contributed by atoms with Crippen LogP contribution in [0.15, 0.2) is 88.5 Å². The van der Waals surface area contributed by atoms with E-state index in [1.807, 2.05) is 79.7 Å². The highest BCUT2D eigenvalue weighted by Crippen LogP contribution is 2.40. The number of ether oxygens (including phenoxy) is 1. The lowest BCUT2D eigenvalue weighted by Crippen LogP contribution is -2.30. The van der Waals surface area contributed by atoms with Crippen LogP contribution in [0.4, 0.5) is 11.6 Å². The van der Waals surface area contributed by atoms with Gasteiger partial charge in [0.2, 0.25) is 5.95 Å². The number of benzene rings is 3. The largest absolute Gasteiger partial charge is 0.497 e. The Kier molecular flexibility index (Phi) is 5.19. The van der Waals surface area contributed by atoms with E-state index < -0.39 is 0 Å². The zero-order valence-electron chi connectivity index (χ0n) is 17.6. The van der Waals surface area contributed by atoms with Crippen LogP contribution in [0.1, 0.15) is 18.5 Å². The minimum Gasteiger partial charge on any atom is -0.497 e. The van der Waals surface area contributed by atoms with E-state index in [-0.39, 0.29) is 11.9 Å². The van der Waals surface area contributed by atoms with Crippen molar-refractivity contribution in [2.75, 3.05) is 17.7 Å². The van der Waals surface area contributed by atoms with Crippen molar-refractivity contribution in [1.29, 1.82) is 0 Å². The average molecular weight is 489 g/mol. The van der Waals surface area contributed by atoms with Crippen LogP contribution in [0, 0.1) is 0 Å². The van der Waals surface area contributed by atoms with E-state index in [0.717, 1.165) is 38.5 Å². The minimum atomic E-state index is -0.339. The van der Waals surface area contributed by atoms with E-state index in [1.165, 1.54) is 0 Å². The quantitative estimate of drug-likeness (QED) is 0.384. The Labute approximate surface area is 194 Å². The second kappa shape index (κ2) is 8.16. The minimum absolute atomic E-state index is 0.173. The molecule has 0 unspecified atom stereocenters. The number of methoxy groups -OCH3 is 1. The molecule has 160 valence electrons. The van der Waals surface area contributed by atoms with Crippen LogP contribution < -0.4 is 15.4 Å². The summed E-state index contributed by atoms with van der Waals surface area (Å²) >= 11 is 3.58. The molecule has 7 heteroatoms. The molecule has 0 fully saturated rings. The van der Waals surface area contributed by atoms with E-state index in [4.69, 9.17) is 9.72 Å². The number of aromatic nitrogens is 2. The number of hydrogen-bond acceptors (Lipinski definition) is 4. The SMILES string of the molecule is COc1ccc(NC(=O)C2=C(C)Nc3nc4ccccc4n3[C@@H]2c2cccc(Br)c2)cc1.